The van der Waals surface area contributed by atoms with E-state index in [1.165, 1.54) is 18.1 Å². The first kappa shape index (κ1) is 16.9. The summed E-state index contributed by atoms with van der Waals surface area (Å²) >= 11 is 3.25. The van der Waals surface area contributed by atoms with Crippen molar-refractivity contribution in [3.8, 4) is 0 Å². The van der Waals surface area contributed by atoms with Crippen molar-refractivity contribution in [3.05, 3.63) is 28.2 Å². The van der Waals surface area contributed by atoms with Crippen LogP contribution in [0.4, 0.5) is 5.69 Å². The normalized spacial score (nSPS) is 18.6. The summed E-state index contributed by atoms with van der Waals surface area (Å²) < 4.78 is 27.5. The Hall–Kier alpha value is -1.45. The van der Waals surface area contributed by atoms with Crippen molar-refractivity contribution in [1.82, 2.24) is 0 Å². The molecule has 1 unspecified atom stereocenters. The first-order valence-corrected chi connectivity index (χ1v) is 8.91. The van der Waals surface area contributed by atoms with Crippen LogP contribution in [-0.2, 0) is 19.6 Å². The Morgan fingerprint density at radius 3 is 2.77 bits per heavy atom. The van der Waals surface area contributed by atoms with Crippen molar-refractivity contribution in [1.29, 1.82) is 0 Å². The number of methoxy groups -OCH3 is 1. The zero-order valence-electron chi connectivity index (χ0n) is 11.8. The molecule has 1 aromatic rings. The lowest BCUT2D eigenvalue weighted by Crippen LogP contribution is -2.27. The molecule has 0 spiro atoms. The number of hydrogen-bond donors (Lipinski definition) is 1. The first-order valence-electron chi connectivity index (χ1n) is 6.40. The number of hydrogen-bond acceptors (Lipinski definition) is 5. The summed E-state index contributed by atoms with van der Waals surface area (Å²) in [6.45, 7) is 0.248. The number of primary sulfonamides is 1. The van der Waals surface area contributed by atoms with Crippen LogP contribution >= 0.6 is 15.9 Å². The Morgan fingerprint density at radius 2 is 2.18 bits per heavy atom. The summed E-state index contributed by atoms with van der Waals surface area (Å²) in [6.07, 6.45) is 0.111. The summed E-state index contributed by atoms with van der Waals surface area (Å²) in [6, 6.07) is 4.85. The van der Waals surface area contributed by atoms with Gasteiger partial charge in [-0.15, -0.1) is 0 Å². The molecule has 0 aromatic heterocycles. The quantitative estimate of drug-likeness (QED) is 0.767. The monoisotopic (exact) mass is 390 g/mol. The Labute approximate surface area is 136 Å². The Morgan fingerprint density at radius 1 is 1.50 bits per heavy atom. The molecule has 1 atom stereocenters. The molecular weight excluding hydrogens is 376 g/mol. The number of amides is 1. The fraction of sp³-hybridized carbons (Fsp3) is 0.385. The zero-order valence-corrected chi connectivity index (χ0v) is 14.2. The molecule has 0 bridgehead atoms. The van der Waals surface area contributed by atoms with Crippen LogP contribution in [0.15, 0.2) is 22.7 Å². The van der Waals surface area contributed by atoms with Crippen LogP contribution in [-0.4, -0.2) is 39.7 Å². The van der Waals surface area contributed by atoms with Gasteiger partial charge >= 0.3 is 5.97 Å². The van der Waals surface area contributed by atoms with Gasteiger partial charge in [0, 0.05) is 29.0 Å². The van der Waals surface area contributed by atoms with Gasteiger partial charge in [-0.2, -0.15) is 0 Å². The van der Waals surface area contributed by atoms with Gasteiger partial charge in [0.2, 0.25) is 15.9 Å². The smallest absolute Gasteiger partial charge is 0.339 e. The molecule has 1 aliphatic heterocycles. The van der Waals surface area contributed by atoms with Gasteiger partial charge in [0.05, 0.1) is 18.4 Å². The Kier molecular flexibility index (Phi) is 4.88. The van der Waals surface area contributed by atoms with Crippen LogP contribution in [0.5, 0.6) is 0 Å². The number of carbonyl (C=O) groups is 2. The average molecular weight is 391 g/mol. The number of halogens is 1. The number of sulfonamides is 1. The van der Waals surface area contributed by atoms with Crippen LogP contribution in [0.25, 0.3) is 0 Å². The lowest BCUT2D eigenvalue weighted by atomic mass is 10.1. The van der Waals surface area contributed by atoms with E-state index < -0.39 is 16.0 Å². The van der Waals surface area contributed by atoms with E-state index in [-0.39, 0.29) is 30.5 Å². The van der Waals surface area contributed by atoms with Gasteiger partial charge in [0.15, 0.2) is 0 Å². The zero-order chi connectivity index (χ0) is 16.5. The summed E-state index contributed by atoms with van der Waals surface area (Å²) in [5, 5.41) is 5.02. The Balaban J connectivity index is 2.25. The second kappa shape index (κ2) is 6.35. The third-order valence-corrected chi connectivity index (χ3v) is 4.97. The van der Waals surface area contributed by atoms with Crippen molar-refractivity contribution in [2.45, 2.75) is 6.42 Å². The summed E-state index contributed by atoms with van der Waals surface area (Å²) in [7, 11) is -2.36. The molecular formula is C13H15BrN2O5S. The molecule has 22 heavy (non-hydrogen) atoms. The van der Waals surface area contributed by atoms with Crippen LogP contribution in [0.3, 0.4) is 0 Å². The van der Waals surface area contributed by atoms with E-state index in [1.807, 2.05) is 0 Å². The van der Waals surface area contributed by atoms with E-state index in [1.54, 1.807) is 12.1 Å². The highest BCUT2D eigenvalue weighted by atomic mass is 79.9. The summed E-state index contributed by atoms with van der Waals surface area (Å²) in [4.78, 5) is 25.2. The first-order chi connectivity index (χ1) is 10.2. The maximum Gasteiger partial charge on any atom is 0.339 e. The van der Waals surface area contributed by atoms with Gasteiger partial charge in [-0.05, 0) is 34.1 Å². The molecule has 0 saturated carbocycles. The highest BCUT2D eigenvalue weighted by Gasteiger charge is 2.33. The van der Waals surface area contributed by atoms with Gasteiger partial charge in [0.1, 0.15) is 0 Å². The molecule has 120 valence electrons. The second-order valence-electron chi connectivity index (χ2n) is 5.06. The molecule has 7 nitrogen and oxygen atoms in total. The van der Waals surface area contributed by atoms with E-state index >= 15 is 0 Å². The topological polar surface area (TPSA) is 107 Å². The molecule has 1 saturated heterocycles. The van der Waals surface area contributed by atoms with E-state index in [4.69, 9.17) is 5.14 Å². The van der Waals surface area contributed by atoms with E-state index in [0.717, 1.165) is 0 Å². The fourth-order valence-electron chi connectivity index (χ4n) is 2.42. The molecule has 1 fully saturated rings. The number of rotatable bonds is 4. The van der Waals surface area contributed by atoms with Gasteiger partial charge in [-0.3, -0.25) is 4.79 Å². The number of ether oxygens (including phenoxy) is 1. The number of esters is 1. The van der Waals surface area contributed by atoms with Gasteiger partial charge < -0.3 is 9.64 Å². The third-order valence-electron chi connectivity index (χ3n) is 3.34. The molecule has 0 aliphatic carbocycles. The van der Waals surface area contributed by atoms with E-state index in [2.05, 4.69) is 20.7 Å². The van der Waals surface area contributed by atoms with E-state index in [9.17, 15) is 18.0 Å². The van der Waals surface area contributed by atoms with Crippen molar-refractivity contribution in [2.24, 2.45) is 11.1 Å². The highest BCUT2D eigenvalue weighted by Crippen LogP contribution is 2.29. The molecule has 2 rings (SSSR count). The number of anilines is 1. The largest absolute Gasteiger partial charge is 0.465 e. The number of benzene rings is 1. The number of nitrogens with zero attached hydrogens (tertiary/aromatic N) is 1. The van der Waals surface area contributed by atoms with Crippen LogP contribution in [0, 0.1) is 5.92 Å². The minimum absolute atomic E-state index is 0.111. The lowest BCUT2D eigenvalue weighted by Gasteiger charge is -2.18. The molecule has 1 aromatic carbocycles. The van der Waals surface area contributed by atoms with Crippen LogP contribution < -0.4 is 10.0 Å². The Bertz CT molecular complexity index is 719. The van der Waals surface area contributed by atoms with Gasteiger partial charge in [-0.1, -0.05) is 0 Å². The second-order valence-corrected chi connectivity index (χ2v) is 7.57. The number of carbonyl (C=O) groups excluding carboxylic acids is 2. The van der Waals surface area contributed by atoms with Crippen molar-refractivity contribution >= 4 is 43.5 Å². The van der Waals surface area contributed by atoms with Gasteiger partial charge in [0.25, 0.3) is 0 Å². The van der Waals surface area contributed by atoms with Crippen molar-refractivity contribution in [3.63, 3.8) is 0 Å². The minimum atomic E-state index is -3.63. The van der Waals surface area contributed by atoms with Gasteiger partial charge in [-0.25, -0.2) is 18.4 Å². The predicted octanol–water partition coefficient (Wildman–Crippen LogP) is 0.877. The van der Waals surface area contributed by atoms with Crippen LogP contribution in [0.1, 0.15) is 16.8 Å². The summed E-state index contributed by atoms with van der Waals surface area (Å²) in [5.41, 5.74) is 0.813. The summed E-state index contributed by atoms with van der Waals surface area (Å²) in [5.74, 6) is -1.32. The maximum absolute atomic E-state index is 12.1. The molecule has 1 heterocycles. The van der Waals surface area contributed by atoms with Crippen molar-refractivity contribution < 1.29 is 22.7 Å². The highest BCUT2D eigenvalue weighted by molar-refractivity contribution is 9.10. The molecule has 1 amide bonds. The molecule has 0 radical (unpaired) electrons. The minimum Gasteiger partial charge on any atom is -0.465 e. The van der Waals surface area contributed by atoms with Crippen molar-refractivity contribution in [2.75, 3.05) is 24.3 Å². The van der Waals surface area contributed by atoms with Crippen LogP contribution in [0.2, 0.25) is 0 Å². The maximum atomic E-state index is 12.1. The average Bonchev–Trinajstić information content (AvgIpc) is 2.77. The fourth-order valence-corrected chi connectivity index (χ4v) is 3.71. The third kappa shape index (κ3) is 3.84. The molecule has 2 N–H and O–H groups in total. The lowest BCUT2D eigenvalue weighted by molar-refractivity contribution is -0.117. The molecule has 1 aliphatic rings. The standard InChI is InChI=1S/C13H15BrN2O5S/c1-21-13(18)10-5-9(2-3-11(10)14)16-6-8(4-12(16)17)7-22(15,19)20/h2-3,5,8H,4,6-7H2,1H3,(H2,15,19,20). The van der Waals surface area contributed by atoms with E-state index in [0.29, 0.717) is 15.7 Å². The number of nitrogens with two attached hydrogens (primary N) is 1. The predicted molar refractivity (Wildman–Crippen MR) is 83.9 cm³/mol. The molecule has 9 heteroatoms. The SMILES string of the molecule is COC(=O)c1cc(N2CC(CS(N)(=O)=O)CC2=O)ccc1Br.